The largest absolute Gasteiger partial charge is 0.324 e. The van der Waals surface area contributed by atoms with Gasteiger partial charge in [-0.2, -0.15) is 0 Å². The number of hydrogen-bond acceptors (Lipinski definition) is 2. The SMILES string of the molecule is C/C=C/NC(=O)Nc1cc(Br)ccn1. The van der Waals surface area contributed by atoms with Gasteiger partial charge in [0, 0.05) is 16.9 Å². The number of anilines is 1. The van der Waals surface area contributed by atoms with Crippen LogP contribution in [0.5, 0.6) is 0 Å². The van der Waals surface area contributed by atoms with Crippen molar-refractivity contribution in [2.45, 2.75) is 6.92 Å². The van der Waals surface area contributed by atoms with Crippen LogP contribution in [-0.4, -0.2) is 11.0 Å². The molecule has 0 aliphatic rings. The van der Waals surface area contributed by atoms with Crippen LogP contribution in [0.1, 0.15) is 6.92 Å². The molecule has 4 nitrogen and oxygen atoms in total. The highest BCUT2D eigenvalue weighted by atomic mass is 79.9. The van der Waals surface area contributed by atoms with Gasteiger partial charge in [-0.25, -0.2) is 9.78 Å². The van der Waals surface area contributed by atoms with Crippen molar-refractivity contribution in [1.29, 1.82) is 0 Å². The summed E-state index contributed by atoms with van der Waals surface area (Å²) >= 11 is 3.28. The van der Waals surface area contributed by atoms with E-state index in [1.54, 1.807) is 30.6 Å². The van der Waals surface area contributed by atoms with Crippen molar-refractivity contribution in [2.24, 2.45) is 0 Å². The van der Waals surface area contributed by atoms with Gasteiger partial charge >= 0.3 is 6.03 Å². The molecule has 2 N–H and O–H groups in total. The number of nitrogens with one attached hydrogen (secondary N) is 2. The first-order valence-corrected chi connectivity index (χ1v) is 4.82. The van der Waals surface area contributed by atoms with Crippen molar-refractivity contribution in [3.8, 4) is 0 Å². The van der Waals surface area contributed by atoms with Crippen molar-refractivity contribution in [2.75, 3.05) is 5.32 Å². The smallest absolute Gasteiger partial charge is 0.315 e. The average Bonchev–Trinajstić information content (AvgIpc) is 2.15. The number of aromatic nitrogens is 1. The fraction of sp³-hybridized carbons (Fsp3) is 0.111. The van der Waals surface area contributed by atoms with Gasteiger partial charge in [-0.1, -0.05) is 22.0 Å². The molecule has 0 aliphatic carbocycles. The van der Waals surface area contributed by atoms with Crippen LogP contribution in [0.2, 0.25) is 0 Å². The van der Waals surface area contributed by atoms with Crippen molar-refractivity contribution in [3.05, 3.63) is 35.1 Å². The van der Waals surface area contributed by atoms with Gasteiger partial charge in [0.25, 0.3) is 0 Å². The monoisotopic (exact) mass is 255 g/mol. The van der Waals surface area contributed by atoms with Gasteiger partial charge in [-0.05, 0) is 19.1 Å². The molecule has 0 spiro atoms. The molecule has 0 fully saturated rings. The number of halogens is 1. The van der Waals surface area contributed by atoms with Crippen LogP contribution in [0.3, 0.4) is 0 Å². The standard InChI is InChI=1S/C9H10BrN3O/c1-2-4-12-9(14)13-8-6-7(10)3-5-11-8/h2-6H,1H3,(H2,11,12,13,14)/b4-2+. The molecule has 0 unspecified atom stereocenters. The summed E-state index contributed by atoms with van der Waals surface area (Å²) in [4.78, 5) is 15.1. The first-order valence-electron chi connectivity index (χ1n) is 4.02. The first-order chi connectivity index (χ1) is 6.72. The maximum atomic E-state index is 11.2. The molecular weight excluding hydrogens is 246 g/mol. The lowest BCUT2D eigenvalue weighted by atomic mass is 10.5. The fourth-order valence-corrected chi connectivity index (χ4v) is 1.12. The molecule has 0 bridgehead atoms. The predicted octanol–water partition coefficient (Wildman–Crippen LogP) is 2.50. The highest BCUT2D eigenvalue weighted by Gasteiger charge is 1.99. The molecule has 0 saturated heterocycles. The topological polar surface area (TPSA) is 54.0 Å². The molecule has 1 aromatic rings. The number of nitrogens with zero attached hydrogens (tertiary/aromatic N) is 1. The van der Waals surface area contributed by atoms with Crippen LogP contribution in [-0.2, 0) is 0 Å². The van der Waals surface area contributed by atoms with Gasteiger partial charge in [-0.3, -0.25) is 5.32 Å². The summed E-state index contributed by atoms with van der Waals surface area (Å²) in [5, 5.41) is 5.09. The number of carbonyl (C=O) groups excluding carboxylic acids is 1. The summed E-state index contributed by atoms with van der Waals surface area (Å²) < 4.78 is 0.869. The molecule has 0 atom stereocenters. The molecule has 1 rings (SSSR count). The van der Waals surface area contributed by atoms with E-state index in [0.29, 0.717) is 5.82 Å². The van der Waals surface area contributed by atoms with Gasteiger partial charge in [0.15, 0.2) is 0 Å². The van der Waals surface area contributed by atoms with Gasteiger partial charge < -0.3 is 5.32 Å². The van der Waals surface area contributed by atoms with Crippen molar-refractivity contribution in [1.82, 2.24) is 10.3 Å². The summed E-state index contributed by atoms with van der Waals surface area (Å²) in [6, 6.07) is 3.19. The molecule has 74 valence electrons. The lowest BCUT2D eigenvalue weighted by Gasteiger charge is -2.03. The summed E-state index contributed by atoms with van der Waals surface area (Å²) in [7, 11) is 0. The van der Waals surface area contributed by atoms with E-state index in [4.69, 9.17) is 0 Å². The molecule has 2 amide bonds. The third-order valence-electron chi connectivity index (χ3n) is 1.34. The van der Waals surface area contributed by atoms with Gasteiger partial charge in [-0.15, -0.1) is 0 Å². The fourth-order valence-electron chi connectivity index (χ4n) is 0.785. The van der Waals surface area contributed by atoms with E-state index in [1.165, 1.54) is 0 Å². The van der Waals surface area contributed by atoms with E-state index < -0.39 is 0 Å². The van der Waals surface area contributed by atoms with Crippen molar-refractivity contribution in [3.63, 3.8) is 0 Å². The molecule has 14 heavy (non-hydrogen) atoms. The highest BCUT2D eigenvalue weighted by Crippen LogP contribution is 2.12. The second kappa shape index (κ2) is 5.39. The zero-order chi connectivity index (χ0) is 10.4. The lowest BCUT2D eigenvalue weighted by Crippen LogP contribution is -2.24. The van der Waals surface area contributed by atoms with Gasteiger partial charge in [0.1, 0.15) is 5.82 Å². The summed E-state index contributed by atoms with van der Waals surface area (Å²) in [5.74, 6) is 0.501. The van der Waals surface area contributed by atoms with E-state index in [1.807, 2.05) is 6.92 Å². The quantitative estimate of drug-likeness (QED) is 0.854. The van der Waals surface area contributed by atoms with Crippen LogP contribution >= 0.6 is 15.9 Å². The predicted molar refractivity (Wildman–Crippen MR) is 58.9 cm³/mol. The second-order valence-electron chi connectivity index (χ2n) is 2.46. The van der Waals surface area contributed by atoms with Crippen LogP contribution < -0.4 is 10.6 Å². The van der Waals surface area contributed by atoms with Crippen LogP contribution in [0.4, 0.5) is 10.6 Å². The molecule has 0 aliphatic heterocycles. The number of hydrogen-bond donors (Lipinski definition) is 2. The van der Waals surface area contributed by atoms with Crippen LogP contribution in [0.15, 0.2) is 35.1 Å². The van der Waals surface area contributed by atoms with E-state index in [0.717, 1.165) is 4.47 Å². The third-order valence-corrected chi connectivity index (χ3v) is 1.84. The minimum atomic E-state index is -0.311. The van der Waals surface area contributed by atoms with Crippen LogP contribution in [0, 0.1) is 0 Å². The normalized spacial score (nSPS) is 10.1. The Morgan fingerprint density at radius 1 is 1.64 bits per heavy atom. The van der Waals surface area contributed by atoms with Crippen molar-refractivity contribution < 1.29 is 4.79 Å². The zero-order valence-electron chi connectivity index (χ0n) is 7.62. The lowest BCUT2D eigenvalue weighted by molar-refractivity contribution is 0.255. The van der Waals surface area contributed by atoms with E-state index >= 15 is 0 Å². The Labute approximate surface area is 90.6 Å². The van der Waals surface area contributed by atoms with Crippen LogP contribution in [0.25, 0.3) is 0 Å². The number of allylic oxidation sites excluding steroid dienone is 1. The summed E-state index contributed by atoms with van der Waals surface area (Å²) in [6.45, 7) is 1.82. The highest BCUT2D eigenvalue weighted by molar-refractivity contribution is 9.10. The van der Waals surface area contributed by atoms with Crippen molar-refractivity contribution >= 4 is 27.8 Å². The van der Waals surface area contributed by atoms with E-state index in [-0.39, 0.29) is 6.03 Å². The Bertz CT molecular complexity index is 352. The number of amides is 2. The molecule has 0 aromatic carbocycles. The second-order valence-corrected chi connectivity index (χ2v) is 3.37. The molecular formula is C9H10BrN3O. The summed E-state index contributed by atoms with van der Waals surface area (Å²) in [6.07, 6.45) is 4.89. The molecule has 0 radical (unpaired) electrons. The Balaban J connectivity index is 2.56. The van der Waals surface area contributed by atoms with E-state index in [2.05, 4.69) is 31.5 Å². The third kappa shape index (κ3) is 3.57. The number of rotatable bonds is 2. The number of pyridine rings is 1. The molecule has 5 heteroatoms. The maximum absolute atomic E-state index is 11.2. The average molecular weight is 256 g/mol. The maximum Gasteiger partial charge on any atom is 0.324 e. The molecule has 1 aromatic heterocycles. The zero-order valence-corrected chi connectivity index (χ0v) is 9.21. The first kappa shape index (κ1) is 10.7. The Hall–Kier alpha value is -1.36. The minimum Gasteiger partial charge on any atom is -0.315 e. The Morgan fingerprint density at radius 2 is 2.43 bits per heavy atom. The van der Waals surface area contributed by atoms with E-state index in [9.17, 15) is 4.79 Å². The Morgan fingerprint density at radius 3 is 3.07 bits per heavy atom. The molecule has 1 heterocycles. The number of urea groups is 1. The summed E-state index contributed by atoms with van der Waals surface area (Å²) in [5.41, 5.74) is 0. The number of carbonyl (C=O) groups is 1. The molecule has 0 saturated carbocycles. The van der Waals surface area contributed by atoms with Gasteiger partial charge in [0.05, 0.1) is 0 Å². The Kier molecular flexibility index (Phi) is 4.12. The van der Waals surface area contributed by atoms with Gasteiger partial charge in [0.2, 0.25) is 0 Å². The minimum absolute atomic E-state index is 0.311.